The molecule has 0 bridgehead atoms. The van der Waals surface area contributed by atoms with Crippen LogP contribution in [-0.2, 0) is 0 Å². The monoisotopic (exact) mass is 459 g/mol. The van der Waals surface area contributed by atoms with Gasteiger partial charge in [-0.25, -0.2) is 9.97 Å². The van der Waals surface area contributed by atoms with Crippen molar-refractivity contribution in [2.45, 2.75) is 12.8 Å². The lowest BCUT2D eigenvalue weighted by Gasteiger charge is -2.32. The van der Waals surface area contributed by atoms with Gasteiger partial charge in [0.05, 0.1) is 10.0 Å². The van der Waals surface area contributed by atoms with E-state index in [4.69, 9.17) is 28.9 Å². The summed E-state index contributed by atoms with van der Waals surface area (Å²) in [4.78, 5) is 18.3. The van der Waals surface area contributed by atoms with Crippen molar-refractivity contribution in [3.05, 3.63) is 40.5 Å². The molecule has 7 nitrogen and oxygen atoms in total. The molecule has 3 N–H and O–H groups in total. The third kappa shape index (κ3) is 5.36. The Morgan fingerprint density at radius 2 is 1.81 bits per heavy atom. The van der Waals surface area contributed by atoms with Crippen molar-refractivity contribution in [3.8, 4) is 11.1 Å². The first-order valence-electron chi connectivity index (χ1n) is 10.5. The van der Waals surface area contributed by atoms with Crippen LogP contribution in [0.1, 0.15) is 12.8 Å². The molecule has 2 aromatic heterocycles. The summed E-state index contributed by atoms with van der Waals surface area (Å²) < 4.78 is 0. The molecule has 0 amide bonds. The van der Waals surface area contributed by atoms with Gasteiger partial charge in [0.2, 0.25) is 5.95 Å². The highest BCUT2D eigenvalue weighted by Crippen LogP contribution is 2.38. The van der Waals surface area contributed by atoms with E-state index in [1.54, 1.807) is 24.4 Å². The lowest BCUT2D eigenvalue weighted by atomic mass is 10.1. The van der Waals surface area contributed by atoms with Gasteiger partial charge in [0.25, 0.3) is 0 Å². The van der Waals surface area contributed by atoms with Crippen molar-refractivity contribution in [1.82, 2.24) is 24.8 Å². The topological polar surface area (TPSA) is 83.2 Å². The van der Waals surface area contributed by atoms with E-state index in [1.165, 1.54) is 0 Å². The molecule has 31 heavy (non-hydrogen) atoms. The van der Waals surface area contributed by atoms with E-state index >= 15 is 0 Å². The largest absolute Gasteiger partial charge is 0.383 e. The Hall–Kier alpha value is -2.19. The van der Waals surface area contributed by atoms with Crippen molar-refractivity contribution >= 4 is 46.0 Å². The van der Waals surface area contributed by atoms with E-state index < -0.39 is 0 Å². The summed E-state index contributed by atoms with van der Waals surface area (Å²) in [6, 6.07) is 7.23. The molecule has 1 aliphatic heterocycles. The van der Waals surface area contributed by atoms with Gasteiger partial charge in [-0.1, -0.05) is 29.3 Å². The maximum atomic E-state index is 6.34. The maximum absolute atomic E-state index is 6.34. The van der Waals surface area contributed by atoms with Crippen LogP contribution in [0.25, 0.3) is 22.2 Å². The second-order valence-electron chi connectivity index (χ2n) is 7.90. The maximum Gasteiger partial charge on any atom is 0.224 e. The average molecular weight is 460 g/mol. The third-order valence-corrected chi connectivity index (χ3v) is 6.24. The molecule has 0 saturated carbocycles. The number of nitrogens with two attached hydrogens (primary N) is 1. The van der Waals surface area contributed by atoms with Crippen LogP contribution in [0.2, 0.25) is 10.0 Å². The molecule has 9 heteroatoms. The summed E-state index contributed by atoms with van der Waals surface area (Å²) in [5.41, 5.74) is 8.09. The highest BCUT2D eigenvalue weighted by atomic mass is 35.5. The number of rotatable bonds is 7. The minimum absolute atomic E-state index is 0.333. The number of fused-ring (bicyclic) bond motifs is 1. The number of hydrogen-bond donors (Lipinski definition) is 2. The number of pyridine rings is 1. The summed E-state index contributed by atoms with van der Waals surface area (Å²) in [7, 11) is 2.18. The fourth-order valence-electron chi connectivity index (χ4n) is 3.75. The molecule has 0 atom stereocenters. The third-order valence-electron chi connectivity index (χ3n) is 5.61. The molecule has 1 aliphatic rings. The SMILES string of the molecule is CN1CCN(CCCCNc2ncc3cc(-c4c(Cl)cccc4Cl)c(N)nc3n2)CC1. The van der Waals surface area contributed by atoms with Crippen LogP contribution in [0.5, 0.6) is 0 Å². The Morgan fingerprint density at radius 1 is 1.06 bits per heavy atom. The van der Waals surface area contributed by atoms with Gasteiger partial charge in [-0.3, -0.25) is 0 Å². The van der Waals surface area contributed by atoms with Crippen molar-refractivity contribution in [3.63, 3.8) is 0 Å². The quantitative estimate of drug-likeness (QED) is 0.516. The van der Waals surface area contributed by atoms with E-state index in [0.717, 1.165) is 57.5 Å². The average Bonchev–Trinajstić information content (AvgIpc) is 2.75. The van der Waals surface area contributed by atoms with E-state index in [-0.39, 0.29) is 0 Å². The summed E-state index contributed by atoms with van der Waals surface area (Å²) in [5, 5.41) is 5.12. The molecule has 1 fully saturated rings. The van der Waals surface area contributed by atoms with E-state index in [9.17, 15) is 0 Å². The van der Waals surface area contributed by atoms with Crippen molar-refractivity contribution in [2.75, 3.05) is 57.4 Å². The fourth-order valence-corrected chi connectivity index (χ4v) is 4.35. The zero-order chi connectivity index (χ0) is 21.8. The predicted molar refractivity (Wildman–Crippen MR) is 129 cm³/mol. The van der Waals surface area contributed by atoms with Gasteiger partial charge in [0, 0.05) is 55.4 Å². The number of aromatic nitrogens is 3. The van der Waals surface area contributed by atoms with Gasteiger partial charge >= 0.3 is 0 Å². The minimum atomic E-state index is 0.333. The highest BCUT2D eigenvalue weighted by molar-refractivity contribution is 6.39. The van der Waals surface area contributed by atoms with Crippen LogP contribution in [0, 0.1) is 0 Å². The fraction of sp³-hybridized carbons (Fsp3) is 0.409. The highest BCUT2D eigenvalue weighted by Gasteiger charge is 2.15. The number of benzene rings is 1. The normalized spacial score (nSPS) is 15.5. The molecular weight excluding hydrogens is 433 g/mol. The van der Waals surface area contributed by atoms with E-state index in [0.29, 0.717) is 38.6 Å². The molecule has 164 valence electrons. The van der Waals surface area contributed by atoms with E-state index in [1.807, 2.05) is 6.07 Å². The Balaban J connectivity index is 1.37. The molecule has 0 radical (unpaired) electrons. The van der Waals surface area contributed by atoms with Gasteiger partial charge in [-0.05, 0) is 44.6 Å². The summed E-state index contributed by atoms with van der Waals surface area (Å²) in [5.74, 6) is 0.891. The van der Waals surface area contributed by atoms with Gasteiger partial charge in [-0.2, -0.15) is 4.98 Å². The standard InChI is InChI=1S/C22H27Cl2N7/c1-30-9-11-31(12-10-30)8-3-2-7-26-22-27-14-15-13-16(20(25)28-21(15)29-22)19-17(23)5-4-6-18(19)24/h4-6,13-14H,2-3,7-12H2,1H3,(H3,25,26,27,28,29). The summed E-state index contributed by atoms with van der Waals surface area (Å²) >= 11 is 12.7. The lowest BCUT2D eigenvalue weighted by molar-refractivity contribution is 0.152. The number of halogens is 2. The second kappa shape index (κ2) is 9.96. The van der Waals surface area contributed by atoms with Crippen LogP contribution >= 0.6 is 23.2 Å². The van der Waals surface area contributed by atoms with Crippen LogP contribution in [0.15, 0.2) is 30.5 Å². The van der Waals surface area contributed by atoms with Crippen LogP contribution in [-0.4, -0.2) is 71.1 Å². The number of nitrogens with zero attached hydrogens (tertiary/aromatic N) is 5. The molecule has 0 aliphatic carbocycles. The van der Waals surface area contributed by atoms with E-state index in [2.05, 4.69) is 37.1 Å². The molecule has 0 unspecified atom stereocenters. The zero-order valence-electron chi connectivity index (χ0n) is 17.6. The molecule has 4 rings (SSSR count). The number of hydrogen-bond acceptors (Lipinski definition) is 7. The van der Waals surface area contributed by atoms with Crippen molar-refractivity contribution in [1.29, 1.82) is 0 Å². The molecule has 1 aromatic carbocycles. The van der Waals surface area contributed by atoms with Crippen LogP contribution in [0.3, 0.4) is 0 Å². The van der Waals surface area contributed by atoms with Crippen LogP contribution in [0.4, 0.5) is 11.8 Å². The number of unbranched alkanes of at least 4 members (excludes halogenated alkanes) is 1. The van der Waals surface area contributed by atoms with Gasteiger partial charge < -0.3 is 20.9 Å². The number of nitrogens with one attached hydrogen (secondary N) is 1. The van der Waals surface area contributed by atoms with Gasteiger partial charge in [-0.15, -0.1) is 0 Å². The van der Waals surface area contributed by atoms with Crippen molar-refractivity contribution in [2.24, 2.45) is 0 Å². The number of likely N-dealkylation sites (N-methyl/N-ethyl adjacent to an activating group) is 1. The van der Waals surface area contributed by atoms with Gasteiger partial charge in [0.1, 0.15) is 5.82 Å². The molecule has 3 aromatic rings. The predicted octanol–water partition coefficient (Wildman–Crippen LogP) is 4.02. The Kier molecular flexibility index (Phi) is 7.07. The number of nitrogen functional groups attached to an aromatic ring is 1. The summed E-state index contributed by atoms with van der Waals surface area (Å²) in [6.45, 7) is 6.59. The Morgan fingerprint density at radius 3 is 2.55 bits per heavy atom. The van der Waals surface area contributed by atoms with Gasteiger partial charge in [0.15, 0.2) is 5.65 Å². The second-order valence-corrected chi connectivity index (χ2v) is 8.72. The first-order chi connectivity index (χ1) is 15.0. The first-order valence-corrected chi connectivity index (χ1v) is 11.3. The Bertz CT molecular complexity index is 1030. The molecule has 3 heterocycles. The smallest absolute Gasteiger partial charge is 0.224 e. The molecular formula is C22H27Cl2N7. The zero-order valence-corrected chi connectivity index (χ0v) is 19.1. The van der Waals surface area contributed by atoms with Crippen LogP contribution < -0.4 is 11.1 Å². The summed E-state index contributed by atoms with van der Waals surface area (Å²) in [6.07, 6.45) is 3.96. The number of anilines is 2. The first kappa shape index (κ1) is 22.0. The van der Waals surface area contributed by atoms with Crippen molar-refractivity contribution < 1.29 is 0 Å². The lowest BCUT2D eigenvalue weighted by Crippen LogP contribution is -2.44. The minimum Gasteiger partial charge on any atom is -0.383 e. The molecule has 0 spiro atoms. The molecule has 1 saturated heterocycles. The number of piperazine rings is 1. The Labute approximate surface area is 192 Å².